The molecule has 0 saturated heterocycles. The van der Waals surface area contributed by atoms with Crippen LogP contribution in [0.25, 0.3) is 0 Å². The van der Waals surface area contributed by atoms with Crippen molar-refractivity contribution in [2.24, 2.45) is 17.5 Å². The van der Waals surface area contributed by atoms with Crippen LogP contribution in [0, 0.1) is 5.92 Å². The van der Waals surface area contributed by atoms with Crippen LogP contribution in [-0.4, -0.2) is 12.6 Å². The van der Waals surface area contributed by atoms with Gasteiger partial charge in [0, 0.05) is 12.6 Å². The van der Waals surface area contributed by atoms with Crippen LogP contribution in [0.5, 0.6) is 0 Å². The second-order valence-corrected chi connectivity index (χ2v) is 3.16. The Kier molecular flexibility index (Phi) is 12.1. The number of hydrazine groups is 1. The number of nitrogens with one attached hydrogen (secondary N) is 1. The van der Waals surface area contributed by atoms with Crippen LogP contribution in [0.1, 0.15) is 34.1 Å². The van der Waals surface area contributed by atoms with E-state index in [0.29, 0.717) is 6.04 Å². The summed E-state index contributed by atoms with van der Waals surface area (Å²) in [5, 5.41) is 0. The van der Waals surface area contributed by atoms with Gasteiger partial charge in [-0.3, -0.25) is 11.3 Å². The summed E-state index contributed by atoms with van der Waals surface area (Å²) in [6, 6.07) is 0.375. The van der Waals surface area contributed by atoms with E-state index in [4.69, 9.17) is 11.6 Å². The molecule has 0 fully saturated rings. The van der Waals surface area contributed by atoms with Crippen LogP contribution >= 0.6 is 0 Å². The fourth-order valence-corrected chi connectivity index (χ4v) is 0.744. The van der Waals surface area contributed by atoms with Gasteiger partial charge in [0.25, 0.3) is 0 Å². The average Bonchev–Trinajstić information content (AvgIpc) is 1.85. The molecule has 1 unspecified atom stereocenters. The first-order valence-electron chi connectivity index (χ1n) is 4.23. The third-order valence-electron chi connectivity index (χ3n) is 1.05. The molecule has 3 nitrogen and oxygen atoms in total. The van der Waals surface area contributed by atoms with Crippen molar-refractivity contribution in [2.45, 2.75) is 40.2 Å². The topological polar surface area (TPSA) is 64.1 Å². The van der Waals surface area contributed by atoms with E-state index in [2.05, 4.69) is 19.3 Å². The lowest BCUT2D eigenvalue weighted by molar-refractivity contribution is 0.520. The minimum absolute atomic E-state index is 0.375. The Morgan fingerprint density at radius 3 is 1.64 bits per heavy atom. The maximum atomic E-state index is 5.49. The molecule has 0 bridgehead atoms. The van der Waals surface area contributed by atoms with Crippen molar-refractivity contribution in [3.05, 3.63) is 0 Å². The van der Waals surface area contributed by atoms with E-state index in [1.165, 1.54) is 0 Å². The lowest BCUT2D eigenvalue weighted by atomic mass is 10.1. The van der Waals surface area contributed by atoms with E-state index >= 15 is 0 Å². The third-order valence-corrected chi connectivity index (χ3v) is 1.05. The number of rotatable bonds is 3. The van der Waals surface area contributed by atoms with Crippen LogP contribution < -0.4 is 17.0 Å². The smallest absolute Gasteiger partial charge is 0.00689 e. The number of nitrogens with two attached hydrogens (primary N) is 2. The Bertz CT molecular complexity index is 54.4. The maximum absolute atomic E-state index is 5.49. The molecule has 5 N–H and O–H groups in total. The Hall–Kier alpha value is -0.120. The van der Waals surface area contributed by atoms with E-state index in [-0.39, 0.29) is 0 Å². The highest BCUT2D eigenvalue weighted by Crippen LogP contribution is 2.00. The van der Waals surface area contributed by atoms with Gasteiger partial charge in [0.15, 0.2) is 0 Å². The quantitative estimate of drug-likeness (QED) is 0.425. The molecule has 3 heteroatoms. The molecule has 0 aromatic heterocycles. The fourth-order valence-electron chi connectivity index (χ4n) is 0.744. The summed E-state index contributed by atoms with van der Waals surface area (Å²) in [4.78, 5) is 0. The monoisotopic (exact) mass is 161 g/mol. The Labute approximate surface area is 70.5 Å². The van der Waals surface area contributed by atoms with Crippen molar-refractivity contribution in [3.63, 3.8) is 0 Å². The lowest BCUT2D eigenvalue weighted by Gasteiger charge is -2.05. The SMILES string of the molecule is CC(C)CC(C)N.CCNN. The first kappa shape index (κ1) is 13.5. The van der Waals surface area contributed by atoms with Crippen LogP contribution in [0.15, 0.2) is 0 Å². The van der Waals surface area contributed by atoms with Crippen LogP contribution in [0.2, 0.25) is 0 Å². The van der Waals surface area contributed by atoms with Gasteiger partial charge in [0.2, 0.25) is 0 Å². The number of hydrogen-bond donors (Lipinski definition) is 3. The largest absolute Gasteiger partial charge is 0.328 e. The molecule has 0 spiro atoms. The van der Waals surface area contributed by atoms with Crippen molar-refractivity contribution in [2.75, 3.05) is 6.54 Å². The first-order valence-corrected chi connectivity index (χ1v) is 4.23. The van der Waals surface area contributed by atoms with Gasteiger partial charge in [0.05, 0.1) is 0 Å². The second-order valence-electron chi connectivity index (χ2n) is 3.16. The number of hydrogen-bond acceptors (Lipinski definition) is 3. The van der Waals surface area contributed by atoms with Crippen LogP contribution in [0.3, 0.4) is 0 Å². The maximum Gasteiger partial charge on any atom is 0.00689 e. The third kappa shape index (κ3) is 25.8. The summed E-state index contributed by atoms with van der Waals surface area (Å²) < 4.78 is 0. The zero-order valence-electron chi connectivity index (χ0n) is 8.22. The average molecular weight is 161 g/mol. The van der Waals surface area contributed by atoms with Crippen molar-refractivity contribution in [1.29, 1.82) is 0 Å². The highest BCUT2D eigenvalue weighted by atomic mass is 15.2. The van der Waals surface area contributed by atoms with Crippen molar-refractivity contribution < 1.29 is 0 Å². The van der Waals surface area contributed by atoms with Gasteiger partial charge in [0.1, 0.15) is 0 Å². The predicted octanol–water partition coefficient (Wildman–Crippen LogP) is 0.849. The van der Waals surface area contributed by atoms with Gasteiger partial charge >= 0.3 is 0 Å². The summed E-state index contributed by atoms with van der Waals surface area (Å²) in [6.07, 6.45) is 1.14. The van der Waals surface area contributed by atoms with E-state index in [0.717, 1.165) is 18.9 Å². The molecule has 70 valence electrons. The fraction of sp³-hybridized carbons (Fsp3) is 1.00. The molecular weight excluding hydrogens is 138 g/mol. The molecule has 0 aliphatic rings. The summed E-state index contributed by atoms with van der Waals surface area (Å²) in [6.45, 7) is 9.20. The summed E-state index contributed by atoms with van der Waals surface area (Å²) in [5.74, 6) is 5.53. The predicted molar refractivity (Wildman–Crippen MR) is 51.0 cm³/mol. The van der Waals surface area contributed by atoms with Gasteiger partial charge in [-0.05, 0) is 19.3 Å². The molecule has 0 heterocycles. The Morgan fingerprint density at radius 1 is 1.27 bits per heavy atom. The molecular formula is C8H23N3. The second kappa shape index (κ2) is 9.88. The van der Waals surface area contributed by atoms with Crippen molar-refractivity contribution in [3.8, 4) is 0 Å². The van der Waals surface area contributed by atoms with Crippen LogP contribution in [-0.2, 0) is 0 Å². The molecule has 0 aromatic rings. The van der Waals surface area contributed by atoms with Gasteiger partial charge in [-0.2, -0.15) is 0 Å². The molecule has 0 amide bonds. The van der Waals surface area contributed by atoms with Crippen molar-refractivity contribution in [1.82, 2.24) is 5.43 Å². The zero-order chi connectivity index (χ0) is 9.28. The Morgan fingerprint density at radius 2 is 1.64 bits per heavy atom. The standard InChI is InChI=1S/C6H15N.C2H8N2/c1-5(2)4-6(3)7;1-2-4-3/h5-6H,4,7H2,1-3H3;4H,2-3H2,1H3. The van der Waals surface area contributed by atoms with Crippen LogP contribution in [0.4, 0.5) is 0 Å². The van der Waals surface area contributed by atoms with Gasteiger partial charge < -0.3 is 5.73 Å². The molecule has 1 atom stereocenters. The molecule has 0 aliphatic carbocycles. The van der Waals surface area contributed by atoms with E-state index < -0.39 is 0 Å². The minimum Gasteiger partial charge on any atom is -0.328 e. The van der Waals surface area contributed by atoms with Gasteiger partial charge in [-0.25, -0.2) is 0 Å². The lowest BCUT2D eigenvalue weighted by Crippen LogP contribution is -2.20. The van der Waals surface area contributed by atoms with E-state index in [1.54, 1.807) is 0 Å². The highest BCUT2D eigenvalue weighted by molar-refractivity contribution is 4.54. The Balaban J connectivity index is 0. The summed E-state index contributed by atoms with van der Waals surface area (Å²) in [7, 11) is 0. The first-order chi connectivity index (χ1) is 5.04. The van der Waals surface area contributed by atoms with E-state index in [9.17, 15) is 0 Å². The molecule has 0 radical (unpaired) electrons. The molecule has 0 saturated carbocycles. The summed E-state index contributed by atoms with van der Waals surface area (Å²) in [5.41, 5.74) is 7.92. The molecule has 0 aromatic carbocycles. The molecule has 11 heavy (non-hydrogen) atoms. The summed E-state index contributed by atoms with van der Waals surface area (Å²) >= 11 is 0. The molecule has 0 aliphatic heterocycles. The minimum atomic E-state index is 0.375. The highest BCUT2D eigenvalue weighted by Gasteiger charge is 1.95. The normalized spacial score (nSPS) is 12.3. The van der Waals surface area contributed by atoms with Gasteiger partial charge in [-0.1, -0.05) is 20.8 Å². The van der Waals surface area contributed by atoms with E-state index in [1.807, 2.05) is 13.8 Å². The molecule has 0 rings (SSSR count). The van der Waals surface area contributed by atoms with Crippen molar-refractivity contribution >= 4 is 0 Å². The zero-order valence-corrected chi connectivity index (χ0v) is 8.22. The van der Waals surface area contributed by atoms with Gasteiger partial charge in [-0.15, -0.1) is 0 Å².